The fraction of sp³-hybridized carbons (Fsp3) is 0.250. The fourth-order valence-corrected chi connectivity index (χ4v) is 2.94. The topological polar surface area (TPSA) is 55.4 Å². The Hall–Kier alpha value is -1.85. The first-order valence-corrected chi connectivity index (χ1v) is 8.38. The lowest BCUT2D eigenvalue weighted by atomic mass is 10.2. The number of benzene rings is 2. The highest BCUT2D eigenvalue weighted by atomic mass is 32.2. The summed E-state index contributed by atoms with van der Waals surface area (Å²) in [4.78, 5) is 0. The van der Waals surface area contributed by atoms with Crippen LogP contribution in [0.4, 0.5) is 0 Å². The molecule has 112 valence electrons. The van der Waals surface area contributed by atoms with Crippen molar-refractivity contribution in [3.63, 3.8) is 0 Å². The molecule has 2 aromatic carbocycles. The third-order valence-corrected chi connectivity index (χ3v) is 4.48. The van der Waals surface area contributed by atoms with Crippen LogP contribution >= 0.6 is 0 Å². The number of aryl methyl sites for hydroxylation is 1. The van der Waals surface area contributed by atoms with Crippen LogP contribution in [0.25, 0.3) is 0 Å². The highest BCUT2D eigenvalue weighted by Gasteiger charge is 2.10. The van der Waals surface area contributed by atoms with E-state index in [9.17, 15) is 8.42 Å². The quantitative estimate of drug-likeness (QED) is 0.854. The third kappa shape index (κ3) is 5.21. The molecule has 0 aliphatic heterocycles. The van der Waals surface area contributed by atoms with Crippen LogP contribution in [0.3, 0.4) is 0 Å². The molecule has 4 nitrogen and oxygen atoms in total. The molecule has 0 unspecified atom stereocenters. The highest BCUT2D eigenvalue weighted by Crippen LogP contribution is 2.11. The van der Waals surface area contributed by atoms with E-state index in [1.807, 2.05) is 54.6 Å². The largest absolute Gasteiger partial charge is 0.497 e. The molecule has 2 rings (SSSR count). The predicted molar refractivity (Wildman–Crippen MR) is 83.8 cm³/mol. The summed E-state index contributed by atoms with van der Waals surface area (Å²) >= 11 is 0. The summed E-state index contributed by atoms with van der Waals surface area (Å²) < 4.78 is 31.6. The van der Waals surface area contributed by atoms with Crippen molar-refractivity contribution < 1.29 is 13.2 Å². The van der Waals surface area contributed by atoms with Crippen molar-refractivity contribution in [1.29, 1.82) is 0 Å². The predicted octanol–water partition coefficient (Wildman–Crippen LogP) is 2.36. The molecule has 0 aliphatic carbocycles. The van der Waals surface area contributed by atoms with Crippen molar-refractivity contribution in [3.8, 4) is 5.75 Å². The molecule has 1 N–H and O–H groups in total. The van der Waals surface area contributed by atoms with E-state index in [-0.39, 0.29) is 5.75 Å². The molecule has 0 fully saturated rings. The van der Waals surface area contributed by atoms with Gasteiger partial charge in [-0.2, -0.15) is 0 Å². The number of hydrogen-bond donors (Lipinski definition) is 1. The minimum Gasteiger partial charge on any atom is -0.497 e. The van der Waals surface area contributed by atoms with Gasteiger partial charge in [-0.15, -0.1) is 0 Å². The van der Waals surface area contributed by atoms with Gasteiger partial charge in [-0.25, -0.2) is 13.1 Å². The van der Waals surface area contributed by atoms with Crippen molar-refractivity contribution >= 4 is 10.0 Å². The van der Waals surface area contributed by atoms with E-state index in [1.165, 1.54) is 0 Å². The summed E-state index contributed by atoms with van der Waals surface area (Å²) in [5, 5.41) is 0. The molecule has 0 aliphatic rings. The minimum absolute atomic E-state index is 0.0904. The molecule has 0 atom stereocenters. The van der Waals surface area contributed by atoms with E-state index in [2.05, 4.69) is 4.72 Å². The van der Waals surface area contributed by atoms with Gasteiger partial charge in [-0.1, -0.05) is 42.5 Å². The van der Waals surface area contributed by atoms with Gasteiger partial charge in [0.1, 0.15) is 5.75 Å². The Labute approximate surface area is 125 Å². The van der Waals surface area contributed by atoms with Gasteiger partial charge in [0.25, 0.3) is 0 Å². The molecular weight excluding hydrogens is 286 g/mol. The molecule has 0 saturated heterocycles. The maximum atomic E-state index is 12.0. The molecule has 21 heavy (non-hydrogen) atoms. The summed E-state index contributed by atoms with van der Waals surface area (Å²) in [7, 11) is -1.68. The Bertz CT molecular complexity index is 652. The maximum absolute atomic E-state index is 12.0. The first-order chi connectivity index (χ1) is 10.1. The van der Waals surface area contributed by atoms with Crippen molar-refractivity contribution in [1.82, 2.24) is 4.72 Å². The molecule has 0 spiro atoms. The molecule has 0 heterocycles. The Morgan fingerprint density at radius 2 is 1.62 bits per heavy atom. The monoisotopic (exact) mass is 305 g/mol. The number of sulfonamides is 1. The lowest BCUT2D eigenvalue weighted by molar-refractivity contribution is 0.414. The number of methoxy groups -OCH3 is 1. The number of nitrogens with one attached hydrogen (secondary N) is 1. The van der Waals surface area contributed by atoms with Crippen LogP contribution < -0.4 is 9.46 Å². The van der Waals surface area contributed by atoms with Crippen LogP contribution in [-0.4, -0.2) is 21.3 Å². The van der Waals surface area contributed by atoms with E-state index in [4.69, 9.17) is 4.74 Å². The Kier molecular flexibility index (Phi) is 5.36. The second-order valence-electron chi connectivity index (χ2n) is 4.72. The molecule has 0 radical (unpaired) electrons. The fourth-order valence-electron chi connectivity index (χ4n) is 1.91. The number of hydrogen-bond acceptors (Lipinski definition) is 3. The smallest absolute Gasteiger partial charge is 0.212 e. The average molecular weight is 305 g/mol. The summed E-state index contributed by atoms with van der Waals surface area (Å²) in [6.07, 6.45) is 0.513. The van der Waals surface area contributed by atoms with Crippen LogP contribution in [0.1, 0.15) is 11.1 Å². The summed E-state index contributed by atoms with van der Waals surface area (Å²) in [6.45, 7) is 0.293. The van der Waals surface area contributed by atoms with Crippen molar-refractivity contribution in [2.75, 3.05) is 12.9 Å². The molecule has 0 bridgehead atoms. The molecule has 0 aromatic heterocycles. The zero-order valence-electron chi connectivity index (χ0n) is 12.0. The Balaban J connectivity index is 1.85. The summed E-state index contributed by atoms with van der Waals surface area (Å²) in [5.74, 6) is 0.846. The van der Waals surface area contributed by atoms with Gasteiger partial charge < -0.3 is 4.74 Å². The van der Waals surface area contributed by atoms with Gasteiger partial charge in [-0.05, 0) is 29.7 Å². The third-order valence-electron chi connectivity index (χ3n) is 3.16. The highest BCUT2D eigenvalue weighted by molar-refractivity contribution is 7.89. The second-order valence-corrected chi connectivity index (χ2v) is 6.65. The second kappa shape index (κ2) is 7.24. The lowest BCUT2D eigenvalue weighted by Crippen LogP contribution is -2.26. The Morgan fingerprint density at radius 3 is 2.24 bits per heavy atom. The van der Waals surface area contributed by atoms with Gasteiger partial charge in [0, 0.05) is 6.54 Å². The zero-order chi connectivity index (χ0) is 15.1. The Morgan fingerprint density at radius 1 is 0.952 bits per heavy atom. The molecular formula is C16H19NO3S. The first kappa shape index (κ1) is 15.5. The van der Waals surface area contributed by atoms with Crippen LogP contribution in [0.15, 0.2) is 54.6 Å². The average Bonchev–Trinajstić information content (AvgIpc) is 2.53. The SMILES string of the molecule is COc1ccc(CNS(=O)(=O)CCc2ccccc2)cc1. The first-order valence-electron chi connectivity index (χ1n) is 6.73. The van der Waals surface area contributed by atoms with Crippen LogP contribution in [0.5, 0.6) is 5.75 Å². The van der Waals surface area contributed by atoms with Gasteiger partial charge >= 0.3 is 0 Å². The van der Waals surface area contributed by atoms with Crippen LogP contribution in [0, 0.1) is 0 Å². The summed E-state index contributed by atoms with van der Waals surface area (Å²) in [6, 6.07) is 16.9. The number of rotatable bonds is 7. The van der Waals surface area contributed by atoms with E-state index >= 15 is 0 Å². The van der Waals surface area contributed by atoms with Crippen molar-refractivity contribution in [2.24, 2.45) is 0 Å². The number of ether oxygens (including phenoxy) is 1. The van der Waals surface area contributed by atoms with Gasteiger partial charge in [0.2, 0.25) is 10.0 Å². The molecule has 2 aromatic rings. The van der Waals surface area contributed by atoms with E-state index in [1.54, 1.807) is 7.11 Å². The lowest BCUT2D eigenvalue weighted by Gasteiger charge is -2.07. The van der Waals surface area contributed by atoms with Crippen molar-refractivity contribution in [3.05, 3.63) is 65.7 Å². The van der Waals surface area contributed by atoms with Gasteiger partial charge in [-0.3, -0.25) is 0 Å². The van der Waals surface area contributed by atoms with Gasteiger partial charge in [0.15, 0.2) is 0 Å². The van der Waals surface area contributed by atoms with E-state index in [0.717, 1.165) is 16.9 Å². The van der Waals surface area contributed by atoms with E-state index in [0.29, 0.717) is 13.0 Å². The van der Waals surface area contributed by atoms with Crippen molar-refractivity contribution in [2.45, 2.75) is 13.0 Å². The normalized spacial score (nSPS) is 11.3. The standard InChI is InChI=1S/C16H19NO3S/c1-20-16-9-7-15(8-10-16)13-17-21(18,19)12-11-14-5-3-2-4-6-14/h2-10,17H,11-13H2,1H3. The summed E-state index contributed by atoms with van der Waals surface area (Å²) in [5.41, 5.74) is 1.92. The van der Waals surface area contributed by atoms with Crippen LogP contribution in [0.2, 0.25) is 0 Å². The molecule has 0 amide bonds. The zero-order valence-corrected chi connectivity index (χ0v) is 12.8. The molecule has 5 heteroatoms. The maximum Gasteiger partial charge on any atom is 0.212 e. The minimum atomic E-state index is -3.27. The molecule has 0 saturated carbocycles. The van der Waals surface area contributed by atoms with Crippen LogP contribution in [-0.2, 0) is 23.0 Å². The van der Waals surface area contributed by atoms with Gasteiger partial charge in [0.05, 0.1) is 12.9 Å². The van der Waals surface area contributed by atoms with E-state index < -0.39 is 10.0 Å².